The number of hydrogen-bond acceptors (Lipinski definition) is 3. The summed E-state index contributed by atoms with van der Waals surface area (Å²) in [5, 5.41) is 11.7. The second kappa shape index (κ2) is 4.94. The Bertz CT molecular complexity index is 867. The van der Waals surface area contributed by atoms with Gasteiger partial charge in [-0.05, 0) is 30.3 Å². The molecule has 8 heteroatoms. The van der Waals surface area contributed by atoms with E-state index >= 15 is 0 Å². The Labute approximate surface area is 134 Å². The van der Waals surface area contributed by atoms with Crippen LogP contribution in [0, 0.1) is 0 Å². The van der Waals surface area contributed by atoms with Crippen LogP contribution in [0.15, 0.2) is 41.7 Å². The van der Waals surface area contributed by atoms with Gasteiger partial charge in [-0.25, -0.2) is 4.98 Å². The van der Waals surface area contributed by atoms with E-state index in [-0.39, 0.29) is 5.84 Å². The van der Waals surface area contributed by atoms with Crippen molar-refractivity contribution in [3.8, 4) is 0 Å². The normalized spacial score (nSPS) is 13.2. The average Bonchev–Trinajstić information content (AvgIpc) is 2.93. The predicted molar refractivity (Wildman–Crippen MR) is 84.4 cm³/mol. The molecule has 3 rings (SSSR count). The number of benzene rings is 1. The molecule has 3 aromatic rings. The van der Waals surface area contributed by atoms with Gasteiger partial charge in [-0.3, -0.25) is 0 Å². The van der Waals surface area contributed by atoms with E-state index in [1.165, 1.54) is 0 Å². The van der Waals surface area contributed by atoms with Gasteiger partial charge in [0, 0.05) is 11.8 Å². The number of oxime groups is 1. The molecule has 0 radical (unpaired) electrons. The first-order valence-corrected chi connectivity index (χ1v) is 7.01. The van der Waals surface area contributed by atoms with Crippen LogP contribution in [0.5, 0.6) is 0 Å². The summed E-state index contributed by atoms with van der Waals surface area (Å²) in [6, 6.07) is 8.87. The molecule has 0 aliphatic carbocycles. The summed E-state index contributed by atoms with van der Waals surface area (Å²) < 4.78 is 0.218. The van der Waals surface area contributed by atoms with Crippen LogP contribution >= 0.6 is 34.8 Å². The maximum absolute atomic E-state index is 8.76. The molecule has 0 saturated heterocycles. The topological polar surface area (TPSA) is 75.9 Å². The van der Waals surface area contributed by atoms with Crippen molar-refractivity contribution in [2.24, 2.45) is 10.9 Å². The minimum absolute atomic E-state index is 0.0123. The molecular formula is C13H9Cl3N4O. The van der Waals surface area contributed by atoms with Gasteiger partial charge in [-0.2, -0.15) is 0 Å². The van der Waals surface area contributed by atoms with Gasteiger partial charge in [-0.15, -0.1) is 0 Å². The number of aromatic nitrogens is 2. The minimum atomic E-state index is -1.65. The zero-order valence-corrected chi connectivity index (χ0v) is 12.7. The van der Waals surface area contributed by atoms with E-state index < -0.39 is 3.79 Å². The summed E-state index contributed by atoms with van der Waals surface area (Å²) in [5.74, 6) is -0.0123. The molecule has 0 atom stereocenters. The summed E-state index contributed by atoms with van der Waals surface area (Å²) in [4.78, 5) is 4.42. The highest BCUT2D eigenvalue weighted by Gasteiger charge is 2.28. The lowest BCUT2D eigenvalue weighted by molar-refractivity contribution is 0.318. The molecule has 0 spiro atoms. The Morgan fingerprint density at radius 1 is 1.24 bits per heavy atom. The van der Waals surface area contributed by atoms with Crippen LogP contribution in [0.3, 0.4) is 0 Å². The standard InChI is InChI=1S/C13H9Cl3N4O/c14-13(15,16)11-10-2-1-5-20(10)9-4-3-7(12(17)19-21)6-8(9)18-11/h1-6,21H,(H2,17,19). The summed E-state index contributed by atoms with van der Waals surface area (Å²) in [7, 11) is 0. The molecule has 5 nitrogen and oxygen atoms in total. The first-order chi connectivity index (χ1) is 9.91. The van der Waals surface area contributed by atoms with Crippen LogP contribution in [0.2, 0.25) is 0 Å². The molecule has 0 amide bonds. The molecule has 0 bridgehead atoms. The molecule has 0 aliphatic heterocycles. The van der Waals surface area contributed by atoms with E-state index in [9.17, 15) is 0 Å². The molecule has 2 aromatic heterocycles. The minimum Gasteiger partial charge on any atom is -0.409 e. The molecule has 0 unspecified atom stereocenters. The first-order valence-electron chi connectivity index (χ1n) is 5.88. The fourth-order valence-electron chi connectivity index (χ4n) is 2.20. The fraction of sp³-hybridized carbons (Fsp3) is 0.0769. The number of halogens is 3. The Morgan fingerprint density at radius 2 is 2.00 bits per heavy atom. The van der Waals surface area contributed by atoms with Crippen LogP contribution in [-0.2, 0) is 3.79 Å². The van der Waals surface area contributed by atoms with Gasteiger partial charge in [0.05, 0.1) is 16.6 Å². The summed E-state index contributed by atoms with van der Waals surface area (Å²) in [6.07, 6.45) is 1.85. The Hall–Kier alpha value is -1.69. The van der Waals surface area contributed by atoms with Crippen molar-refractivity contribution in [3.63, 3.8) is 0 Å². The average molecular weight is 344 g/mol. The van der Waals surface area contributed by atoms with Crippen molar-refractivity contribution in [3.05, 3.63) is 47.8 Å². The number of nitrogens with two attached hydrogens (primary N) is 1. The van der Waals surface area contributed by atoms with E-state index in [4.69, 9.17) is 45.7 Å². The number of alkyl halides is 3. The van der Waals surface area contributed by atoms with Gasteiger partial charge in [0.15, 0.2) is 5.84 Å². The maximum Gasteiger partial charge on any atom is 0.234 e. The molecule has 0 fully saturated rings. The molecular weight excluding hydrogens is 335 g/mol. The van der Waals surface area contributed by atoms with E-state index in [0.717, 1.165) is 5.52 Å². The van der Waals surface area contributed by atoms with Gasteiger partial charge < -0.3 is 15.3 Å². The number of fused-ring (bicyclic) bond motifs is 3. The SMILES string of the molecule is N/C(=N\O)c1ccc2c(c1)nc(C(Cl)(Cl)Cl)c1cccn12. The van der Waals surface area contributed by atoms with Crippen LogP contribution in [0.4, 0.5) is 0 Å². The van der Waals surface area contributed by atoms with Gasteiger partial charge in [0.2, 0.25) is 3.79 Å². The molecule has 0 saturated carbocycles. The quantitative estimate of drug-likeness (QED) is 0.234. The van der Waals surface area contributed by atoms with E-state index in [0.29, 0.717) is 22.3 Å². The van der Waals surface area contributed by atoms with Crippen molar-refractivity contribution < 1.29 is 5.21 Å². The third-order valence-electron chi connectivity index (χ3n) is 3.13. The van der Waals surface area contributed by atoms with Gasteiger partial charge >= 0.3 is 0 Å². The highest BCUT2D eigenvalue weighted by molar-refractivity contribution is 6.67. The van der Waals surface area contributed by atoms with Crippen LogP contribution in [0.25, 0.3) is 16.6 Å². The van der Waals surface area contributed by atoms with E-state index in [1.807, 2.05) is 28.8 Å². The molecule has 1 aromatic carbocycles. The van der Waals surface area contributed by atoms with Crippen molar-refractivity contribution in [2.75, 3.05) is 0 Å². The highest BCUT2D eigenvalue weighted by atomic mass is 35.6. The summed E-state index contributed by atoms with van der Waals surface area (Å²) >= 11 is 18.0. The number of amidine groups is 1. The summed E-state index contributed by atoms with van der Waals surface area (Å²) in [6.45, 7) is 0. The predicted octanol–water partition coefficient (Wildman–Crippen LogP) is 3.41. The Kier molecular flexibility index (Phi) is 3.36. The zero-order valence-electron chi connectivity index (χ0n) is 10.5. The van der Waals surface area contributed by atoms with Gasteiger partial charge in [0.1, 0.15) is 5.69 Å². The third-order valence-corrected chi connectivity index (χ3v) is 3.67. The van der Waals surface area contributed by atoms with Gasteiger partial charge in [-0.1, -0.05) is 40.0 Å². The Balaban J connectivity index is 2.40. The second-order valence-corrected chi connectivity index (χ2v) is 6.69. The van der Waals surface area contributed by atoms with Crippen molar-refractivity contribution >= 4 is 57.2 Å². The van der Waals surface area contributed by atoms with Crippen molar-refractivity contribution in [1.29, 1.82) is 0 Å². The second-order valence-electron chi connectivity index (χ2n) is 4.41. The third kappa shape index (κ3) is 2.37. The summed E-state index contributed by atoms with van der Waals surface area (Å²) in [5.41, 5.74) is 8.54. The fourth-order valence-corrected chi connectivity index (χ4v) is 2.62. The first kappa shape index (κ1) is 14.3. The van der Waals surface area contributed by atoms with Gasteiger partial charge in [0.25, 0.3) is 0 Å². The monoisotopic (exact) mass is 342 g/mol. The maximum atomic E-state index is 8.76. The van der Waals surface area contributed by atoms with E-state index in [1.54, 1.807) is 12.1 Å². The largest absolute Gasteiger partial charge is 0.409 e. The van der Waals surface area contributed by atoms with Crippen molar-refractivity contribution in [2.45, 2.75) is 3.79 Å². The highest BCUT2D eigenvalue weighted by Crippen LogP contribution is 2.40. The van der Waals surface area contributed by atoms with Crippen LogP contribution in [-0.4, -0.2) is 20.4 Å². The molecule has 108 valence electrons. The molecule has 2 heterocycles. The molecule has 3 N–H and O–H groups in total. The molecule has 0 aliphatic rings. The van der Waals surface area contributed by atoms with E-state index in [2.05, 4.69) is 10.1 Å². The lowest BCUT2D eigenvalue weighted by atomic mass is 10.1. The smallest absolute Gasteiger partial charge is 0.234 e. The van der Waals surface area contributed by atoms with Crippen LogP contribution in [0.1, 0.15) is 11.3 Å². The lowest BCUT2D eigenvalue weighted by Gasteiger charge is -2.14. The van der Waals surface area contributed by atoms with Crippen LogP contribution < -0.4 is 5.73 Å². The number of rotatable bonds is 1. The van der Waals surface area contributed by atoms with Crippen molar-refractivity contribution in [1.82, 2.24) is 9.38 Å². The lowest BCUT2D eigenvalue weighted by Crippen LogP contribution is -2.13. The number of hydrogen-bond donors (Lipinski definition) is 2. The number of nitrogens with zero attached hydrogens (tertiary/aromatic N) is 3. The molecule has 21 heavy (non-hydrogen) atoms. The Morgan fingerprint density at radius 3 is 2.67 bits per heavy atom. The zero-order chi connectivity index (χ0) is 15.2.